The highest BCUT2D eigenvalue weighted by atomic mass is 19.1. The summed E-state index contributed by atoms with van der Waals surface area (Å²) in [6.45, 7) is 0. The van der Waals surface area contributed by atoms with Gasteiger partial charge in [0.25, 0.3) is 0 Å². The van der Waals surface area contributed by atoms with Crippen LogP contribution in [0.5, 0.6) is 11.5 Å². The van der Waals surface area contributed by atoms with Crippen LogP contribution in [0.3, 0.4) is 0 Å². The lowest BCUT2D eigenvalue weighted by Gasteiger charge is -2.06. The largest absolute Gasteiger partial charge is 0.490 e. The maximum Gasteiger partial charge on any atom is 0.343 e. The smallest absolute Gasteiger partial charge is 0.343 e. The van der Waals surface area contributed by atoms with Crippen LogP contribution in [-0.2, 0) is 0 Å². The number of hydrogen-bond donors (Lipinski definition) is 0. The lowest BCUT2D eigenvalue weighted by molar-refractivity contribution is -0.385. The van der Waals surface area contributed by atoms with Crippen LogP contribution in [0.4, 0.5) is 10.1 Å². The Morgan fingerprint density at radius 2 is 2.00 bits per heavy atom. The molecular formula is C14H10FNO5. The Morgan fingerprint density at radius 1 is 1.24 bits per heavy atom. The molecule has 2 aromatic carbocycles. The molecule has 0 fully saturated rings. The van der Waals surface area contributed by atoms with Crippen LogP contribution in [0.25, 0.3) is 0 Å². The van der Waals surface area contributed by atoms with Gasteiger partial charge in [0, 0.05) is 12.1 Å². The first-order chi connectivity index (χ1) is 10.0. The van der Waals surface area contributed by atoms with Crippen molar-refractivity contribution in [3.63, 3.8) is 0 Å². The van der Waals surface area contributed by atoms with Gasteiger partial charge in [0.2, 0.25) is 0 Å². The molecule has 0 aromatic heterocycles. The van der Waals surface area contributed by atoms with Crippen LogP contribution in [-0.4, -0.2) is 18.0 Å². The molecule has 6 nitrogen and oxygen atoms in total. The minimum absolute atomic E-state index is 0.0125. The van der Waals surface area contributed by atoms with Crippen molar-refractivity contribution in [3.8, 4) is 11.5 Å². The van der Waals surface area contributed by atoms with Crippen molar-refractivity contribution < 1.29 is 23.6 Å². The average Bonchev–Trinajstić information content (AvgIpc) is 2.46. The molecule has 2 aromatic rings. The maximum atomic E-state index is 13.0. The van der Waals surface area contributed by atoms with E-state index in [0.717, 1.165) is 12.1 Å². The van der Waals surface area contributed by atoms with Crippen LogP contribution >= 0.6 is 0 Å². The third-order valence-electron chi connectivity index (χ3n) is 2.62. The fraction of sp³-hybridized carbons (Fsp3) is 0.0714. The molecule has 0 heterocycles. The normalized spacial score (nSPS) is 10.0. The second kappa shape index (κ2) is 6.00. The number of methoxy groups -OCH3 is 1. The number of carbonyl (C=O) groups excluding carboxylic acids is 1. The standard InChI is InChI=1S/C14H10FNO5/c1-20-13-6-5-9(7-12(13)16(18)19)14(17)21-11-4-2-3-10(15)8-11/h2-8H,1H3. The molecule has 2 rings (SSSR count). The van der Waals surface area contributed by atoms with E-state index in [9.17, 15) is 19.3 Å². The molecule has 0 amide bonds. The monoisotopic (exact) mass is 291 g/mol. The van der Waals surface area contributed by atoms with Crippen molar-refractivity contribution in [2.45, 2.75) is 0 Å². The number of hydrogen-bond acceptors (Lipinski definition) is 5. The number of benzene rings is 2. The molecule has 0 aliphatic heterocycles. The van der Waals surface area contributed by atoms with E-state index < -0.39 is 16.7 Å². The summed E-state index contributed by atoms with van der Waals surface area (Å²) in [4.78, 5) is 22.1. The van der Waals surface area contributed by atoms with E-state index in [-0.39, 0.29) is 22.7 Å². The van der Waals surface area contributed by atoms with Gasteiger partial charge in [0.15, 0.2) is 5.75 Å². The minimum atomic E-state index is -0.827. The highest BCUT2D eigenvalue weighted by Crippen LogP contribution is 2.28. The Hall–Kier alpha value is -2.96. The highest BCUT2D eigenvalue weighted by Gasteiger charge is 2.19. The van der Waals surface area contributed by atoms with Gasteiger partial charge in [-0.25, -0.2) is 9.18 Å². The quantitative estimate of drug-likeness (QED) is 0.374. The second-order valence-electron chi connectivity index (χ2n) is 3.99. The van der Waals surface area contributed by atoms with Gasteiger partial charge in [-0.2, -0.15) is 0 Å². The highest BCUT2D eigenvalue weighted by molar-refractivity contribution is 5.92. The van der Waals surface area contributed by atoms with Gasteiger partial charge in [-0.15, -0.1) is 0 Å². The summed E-state index contributed by atoms with van der Waals surface area (Å²) in [7, 11) is 1.28. The number of carbonyl (C=O) groups is 1. The van der Waals surface area contributed by atoms with Gasteiger partial charge in [0.05, 0.1) is 17.6 Å². The van der Waals surface area contributed by atoms with Gasteiger partial charge in [-0.1, -0.05) is 6.07 Å². The predicted octanol–water partition coefficient (Wildman–Crippen LogP) is 2.96. The van der Waals surface area contributed by atoms with Crippen molar-refractivity contribution in [2.24, 2.45) is 0 Å². The zero-order valence-corrected chi connectivity index (χ0v) is 10.9. The minimum Gasteiger partial charge on any atom is -0.490 e. The van der Waals surface area contributed by atoms with Crippen LogP contribution in [0.15, 0.2) is 42.5 Å². The predicted molar refractivity (Wildman–Crippen MR) is 71.0 cm³/mol. The summed E-state index contributed by atoms with van der Waals surface area (Å²) in [5.41, 5.74) is -0.391. The summed E-state index contributed by atoms with van der Waals surface area (Å²) in [5.74, 6) is -1.34. The molecule has 21 heavy (non-hydrogen) atoms. The molecule has 7 heteroatoms. The lowest BCUT2D eigenvalue weighted by atomic mass is 10.2. The molecule has 108 valence electrons. The molecule has 0 saturated heterocycles. The van der Waals surface area contributed by atoms with Crippen molar-refractivity contribution in [1.29, 1.82) is 0 Å². The molecule has 0 radical (unpaired) electrons. The summed E-state index contributed by atoms with van der Waals surface area (Å²) in [5, 5.41) is 10.9. The summed E-state index contributed by atoms with van der Waals surface area (Å²) in [6.07, 6.45) is 0. The Kier molecular flexibility index (Phi) is 4.13. The number of rotatable bonds is 4. The fourth-order valence-corrected chi connectivity index (χ4v) is 1.66. The molecule has 0 saturated carbocycles. The molecule has 0 aliphatic carbocycles. The Morgan fingerprint density at radius 3 is 2.62 bits per heavy atom. The van der Waals surface area contributed by atoms with E-state index in [1.807, 2.05) is 0 Å². The Labute approximate surface area is 118 Å². The summed E-state index contributed by atoms with van der Waals surface area (Å²) < 4.78 is 22.8. The zero-order chi connectivity index (χ0) is 15.4. The third kappa shape index (κ3) is 3.33. The molecular weight excluding hydrogens is 281 g/mol. The molecule has 0 atom stereocenters. The topological polar surface area (TPSA) is 78.7 Å². The van der Waals surface area contributed by atoms with E-state index in [1.54, 1.807) is 0 Å². The van der Waals surface area contributed by atoms with E-state index in [2.05, 4.69) is 0 Å². The van der Waals surface area contributed by atoms with Crippen LogP contribution in [0, 0.1) is 15.9 Å². The molecule has 0 unspecified atom stereocenters. The molecule has 0 bridgehead atoms. The first-order valence-electron chi connectivity index (χ1n) is 5.81. The SMILES string of the molecule is COc1ccc(C(=O)Oc2cccc(F)c2)cc1[N+](=O)[O-]. The fourth-order valence-electron chi connectivity index (χ4n) is 1.66. The first-order valence-corrected chi connectivity index (χ1v) is 5.81. The molecule has 0 aliphatic rings. The lowest BCUT2D eigenvalue weighted by Crippen LogP contribution is -2.09. The van der Waals surface area contributed by atoms with Crippen molar-refractivity contribution in [1.82, 2.24) is 0 Å². The number of esters is 1. The first kappa shape index (κ1) is 14.4. The van der Waals surface area contributed by atoms with Gasteiger partial charge in [0.1, 0.15) is 11.6 Å². The van der Waals surface area contributed by atoms with E-state index in [0.29, 0.717) is 0 Å². The van der Waals surface area contributed by atoms with Crippen LogP contribution < -0.4 is 9.47 Å². The van der Waals surface area contributed by atoms with E-state index in [1.165, 1.54) is 37.4 Å². The number of nitrogens with zero attached hydrogens (tertiary/aromatic N) is 1. The van der Waals surface area contributed by atoms with Crippen LogP contribution in [0.1, 0.15) is 10.4 Å². The zero-order valence-electron chi connectivity index (χ0n) is 10.9. The summed E-state index contributed by atoms with van der Waals surface area (Å²) >= 11 is 0. The van der Waals surface area contributed by atoms with Crippen molar-refractivity contribution >= 4 is 11.7 Å². The van der Waals surface area contributed by atoms with Gasteiger partial charge in [-0.05, 0) is 24.3 Å². The van der Waals surface area contributed by atoms with Gasteiger partial charge in [-0.3, -0.25) is 10.1 Å². The summed E-state index contributed by atoms with van der Waals surface area (Å²) in [6, 6.07) is 8.69. The second-order valence-corrected chi connectivity index (χ2v) is 3.99. The Balaban J connectivity index is 2.27. The number of nitro groups is 1. The molecule has 0 N–H and O–H groups in total. The van der Waals surface area contributed by atoms with Crippen LogP contribution in [0.2, 0.25) is 0 Å². The van der Waals surface area contributed by atoms with E-state index >= 15 is 0 Å². The average molecular weight is 291 g/mol. The van der Waals surface area contributed by atoms with E-state index in [4.69, 9.17) is 9.47 Å². The van der Waals surface area contributed by atoms with Crippen molar-refractivity contribution in [2.75, 3.05) is 7.11 Å². The Bertz CT molecular complexity index is 702. The van der Waals surface area contributed by atoms with Gasteiger partial charge >= 0.3 is 11.7 Å². The third-order valence-corrected chi connectivity index (χ3v) is 2.62. The number of halogens is 1. The van der Waals surface area contributed by atoms with Gasteiger partial charge < -0.3 is 9.47 Å². The van der Waals surface area contributed by atoms with Crippen molar-refractivity contribution in [3.05, 3.63) is 64.0 Å². The number of nitro benzene ring substituents is 1. The maximum absolute atomic E-state index is 13.0. The number of ether oxygens (including phenoxy) is 2. The molecule has 0 spiro atoms.